The zero-order chi connectivity index (χ0) is 55.0. The van der Waals surface area contributed by atoms with Crippen molar-refractivity contribution in [2.75, 3.05) is 4.90 Å². The predicted octanol–water partition coefficient (Wildman–Crippen LogP) is 21.2. The first kappa shape index (κ1) is 47.3. The van der Waals surface area contributed by atoms with Crippen LogP contribution in [0, 0.1) is 0 Å². The molecule has 0 saturated carbocycles. The maximum atomic E-state index is 7.28. The van der Waals surface area contributed by atoms with E-state index in [0.29, 0.717) is 0 Å². The Morgan fingerprint density at radius 2 is 0.819 bits per heavy atom. The first-order chi connectivity index (χ1) is 40.9. The van der Waals surface area contributed by atoms with Gasteiger partial charge < -0.3 is 13.9 Å². The van der Waals surface area contributed by atoms with E-state index in [-0.39, 0.29) is 5.41 Å². The number of anilines is 3. The largest absolute Gasteiger partial charge is 0.455 e. The molecule has 3 aliphatic carbocycles. The smallest absolute Gasteiger partial charge is 0.142 e. The third-order valence-electron chi connectivity index (χ3n) is 18.4. The lowest BCUT2D eigenvalue weighted by atomic mass is 9.69. The molecule has 1 spiro atoms. The van der Waals surface area contributed by atoms with E-state index in [1.54, 1.807) is 0 Å². The fraction of sp³-hybridized carbons (Fsp3) is 0.0500. The average Bonchev–Trinajstić information content (AvgIpc) is 3.14. The summed E-state index contributed by atoms with van der Waals surface area (Å²) < 4.78 is 9.66. The minimum Gasteiger partial charge on any atom is -0.455 e. The van der Waals surface area contributed by atoms with Crippen molar-refractivity contribution < 1.29 is 4.42 Å². The number of furan rings is 1. The maximum Gasteiger partial charge on any atom is 0.142 e. The first-order valence-corrected chi connectivity index (χ1v) is 28.9. The molecule has 1 unspecified atom stereocenters. The topological polar surface area (TPSA) is 21.3 Å². The minimum atomic E-state index is -0.633. The summed E-state index contributed by atoms with van der Waals surface area (Å²) in [6, 6.07) is 107. The van der Waals surface area contributed by atoms with Gasteiger partial charge in [-0.15, -0.1) is 0 Å². The number of nitrogens with zero attached hydrogens (tertiary/aromatic N) is 2. The van der Waals surface area contributed by atoms with E-state index in [2.05, 4.69) is 315 Å². The number of para-hydroxylation sites is 2. The number of fused-ring (bicyclic) bond motifs is 16. The van der Waals surface area contributed by atoms with Gasteiger partial charge in [0.05, 0.1) is 16.4 Å². The van der Waals surface area contributed by atoms with E-state index in [1.807, 2.05) is 0 Å². The first-order valence-electron chi connectivity index (χ1n) is 28.9. The minimum absolute atomic E-state index is 0.160. The van der Waals surface area contributed by atoms with Gasteiger partial charge in [0.15, 0.2) is 0 Å². The molecule has 3 heteroatoms. The molecule has 0 N–H and O–H groups in total. The van der Waals surface area contributed by atoms with Crippen LogP contribution in [0.15, 0.2) is 296 Å². The number of hydrogen-bond acceptors (Lipinski definition) is 2. The highest BCUT2D eigenvalue weighted by atomic mass is 16.3. The van der Waals surface area contributed by atoms with Crippen molar-refractivity contribution in [1.29, 1.82) is 0 Å². The van der Waals surface area contributed by atoms with Gasteiger partial charge >= 0.3 is 0 Å². The summed E-state index contributed by atoms with van der Waals surface area (Å²) >= 11 is 0. The van der Waals surface area contributed by atoms with Gasteiger partial charge in [0.25, 0.3) is 0 Å². The number of aromatic nitrogens is 1. The Balaban J connectivity index is 0.808. The van der Waals surface area contributed by atoms with Crippen molar-refractivity contribution in [2.24, 2.45) is 0 Å². The molecular formula is C80H54N2O. The lowest BCUT2D eigenvalue weighted by Gasteiger charge is -2.30. The van der Waals surface area contributed by atoms with Crippen LogP contribution < -0.4 is 4.90 Å². The summed E-state index contributed by atoms with van der Waals surface area (Å²) in [4.78, 5) is 2.44. The Kier molecular flexibility index (Phi) is 10.3. The van der Waals surface area contributed by atoms with Gasteiger partial charge in [-0.3, -0.25) is 0 Å². The van der Waals surface area contributed by atoms with E-state index in [9.17, 15) is 0 Å². The summed E-state index contributed by atoms with van der Waals surface area (Å²) in [6.07, 6.45) is 0. The summed E-state index contributed by atoms with van der Waals surface area (Å²) in [5.41, 5.74) is 28.2. The number of rotatable bonds is 8. The average molecular weight is 1060 g/mol. The SMILES string of the molecule is CC1(C)c2ccccc2-c2ccc(N(c3ccc(-c4ccc5c(c4)c4ccccc4n5-c4ccccc4)cc3)c3ccc(-c4cccc5c4-c4ccccc4C54c5ccccc5-c5c(-c6ccccc6)oc(-c6ccccc6)c54)cc3)cc21. The second-order valence-corrected chi connectivity index (χ2v) is 23.1. The van der Waals surface area contributed by atoms with E-state index >= 15 is 0 Å². The third-order valence-corrected chi connectivity index (χ3v) is 18.4. The molecule has 2 aromatic heterocycles. The summed E-state index contributed by atoms with van der Waals surface area (Å²) in [5, 5.41) is 2.49. The van der Waals surface area contributed by atoms with Gasteiger partial charge in [-0.05, 0) is 145 Å². The lowest BCUT2D eigenvalue weighted by molar-refractivity contribution is 0.588. The Bertz CT molecular complexity index is 4910. The molecule has 0 radical (unpaired) electrons. The normalized spacial score (nSPS) is 14.8. The zero-order valence-electron chi connectivity index (χ0n) is 46.0. The van der Waals surface area contributed by atoms with Crippen LogP contribution in [0.3, 0.4) is 0 Å². The predicted molar refractivity (Wildman–Crippen MR) is 343 cm³/mol. The molecule has 0 saturated heterocycles. The van der Waals surface area contributed by atoms with Crippen molar-refractivity contribution in [1.82, 2.24) is 4.57 Å². The molecular weight excluding hydrogens is 1000 g/mol. The molecule has 0 aliphatic heterocycles. The standard InChI is InChI=1S/C80H54N2O/c1-79(2)67-32-16-12-27-61(67)62-47-46-59(50-71(62)79)81(57-42-37-51(38-43-57)55-41-48-73-66(49-55)63-28-15-19-36-72(63)82(73)56-25-10-5-11-26-56)58-44-39-52(40-45-58)60-31-20-35-70-74(60)64-29-13-17-33-68(64)80(70)69-34-18-14-30-65(69)75-76(80)78(54-23-8-4-9-24-54)83-77(75)53-21-6-3-7-22-53/h3-50H,1-2H3. The van der Waals surface area contributed by atoms with Gasteiger partial charge in [-0.2, -0.15) is 0 Å². The van der Waals surface area contributed by atoms with E-state index < -0.39 is 5.41 Å². The number of hydrogen-bond donors (Lipinski definition) is 0. The highest BCUT2D eigenvalue weighted by molar-refractivity contribution is 6.11. The van der Waals surface area contributed by atoms with Crippen LogP contribution in [0.5, 0.6) is 0 Å². The van der Waals surface area contributed by atoms with Crippen LogP contribution in [0.4, 0.5) is 17.1 Å². The van der Waals surface area contributed by atoms with Crippen molar-refractivity contribution in [3.8, 4) is 84.0 Å². The molecule has 1 atom stereocenters. The van der Waals surface area contributed by atoms with Crippen molar-refractivity contribution in [2.45, 2.75) is 24.7 Å². The van der Waals surface area contributed by atoms with Crippen LogP contribution in [-0.2, 0) is 10.8 Å². The molecule has 12 aromatic carbocycles. The summed E-state index contributed by atoms with van der Waals surface area (Å²) in [5.74, 6) is 1.82. The van der Waals surface area contributed by atoms with Crippen molar-refractivity contribution in [3.63, 3.8) is 0 Å². The van der Waals surface area contributed by atoms with Crippen LogP contribution >= 0.6 is 0 Å². The van der Waals surface area contributed by atoms with Gasteiger partial charge in [0, 0.05) is 61.2 Å². The molecule has 2 heterocycles. The highest BCUT2D eigenvalue weighted by Gasteiger charge is 2.56. The Labute approximate surface area is 483 Å². The fourth-order valence-electron chi connectivity index (χ4n) is 14.8. The molecule has 390 valence electrons. The van der Waals surface area contributed by atoms with Crippen LogP contribution in [0.2, 0.25) is 0 Å². The lowest BCUT2D eigenvalue weighted by Crippen LogP contribution is -2.26. The molecule has 0 fully saturated rings. The maximum absolute atomic E-state index is 7.28. The second-order valence-electron chi connectivity index (χ2n) is 23.1. The van der Waals surface area contributed by atoms with Gasteiger partial charge in [0.2, 0.25) is 0 Å². The van der Waals surface area contributed by atoms with E-state index in [0.717, 1.165) is 51.0 Å². The van der Waals surface area contributed by atoms with Gasteiger partial charge in [-0.1, -0.05) is 238 Å². The molecule has 17 rings (SSSR count). The summed E-state index contributed by atoms with van der Waals surface area (Å²) in [6.45, 7) is 4.73. The van der Waals surface area contributed by atoms with E-state index in [1.165, 1.54) is 105 Å². The molecule has 3 nitrogen and oxygen atoms in total. The van der Waals surface area contributed by atoms with Gasteiger partial charge in [0.1, 0.15) is 11.5 Å². The Hall–Kier alpha value is -10.5. The van der Waals surface area contributed by atoms with Crippen LogP contribution in [-0.4, -0.2) is 4.57 Å². The quantitative estimate of drug-likeness (QED) is 0.151. The second kappa shape index (κ2) is 18.0. The molecule has 3 aliphatic rings. The summed E-state index contributed by atoms with van der Waals surface area (Å²) in [7, 11) is 0. The molecule has 83 heavy (non-hydrogen) atoms. The van der Waals surface area contributed by atoms with Crippen LogP contribution in [0.1, 0.15) is 47.2 Å². The molecule has 0 bridgehead atoms. The third kappa shape index (κ3) is 6.80. The van der Waals surface area contributed by atoms with E-state index in [4.69, 9.17) is 4.42 Å². The monoisotopic (exact) mass is 1060 g/mol. The number of benzene rings is 12. The molecule has 14 aromatic rings. The van der Waals surface area contributed by atoms with Crippen molar-refractivity contribution in [3.05, 3.63) is 325 Å². The van der Waals surface area contributed by atoms with Crippen LogP contribution in [0.25, 0.3) is 106 Å². The Morgan fingerprint density at radius 3 is 1.52 bits per heavy atom. The zero-order valence-corrected chi connectivity index (χ0v) is 46.0. The Morgan fingerprint density at radius 1 is 0.313 bits per heavy atom. The molecule has 0 amide bonds. The fourth-order valence-corrected chi connectivity index (χ4v) is 14.8. The highest BCUT2D eigenvalue weighted by Crippen LogP contribution is 2.68. The van der Waals surface area contributed by atoms with Crippen molar-refractivity contribution >= 4 is 38.9 Å². The van der Waals surface area contributed by atoms with Gasteiger partial charge in [-0.25, -0.2) is 0 Å².